The second-order valence-electron chi connectivity index (χ2n) is 8.16. The molecule has 0 radical (unpaired) electrons. The van der Waals surface area contributed by atoms with Gasteiger partial charge in [0.25, 0.3) is 5.91 Å². The van der Waals surface area contributed by atoms with E-state index in [1.54, 1.807) is 28.9 Å². The van der Waals surface area contributed by atoms with E-state index in [1.807, 2.05) is 55.5 Å². The summed E-state index contributed by atoms with van der Waals surface area (Å²) in [5.74, 6) is 1.04. The number of thioether (sulfide) groups is 1. The fourth-order valence-corrected chi connectivity index (χ4v) is 5.39. The van der Waals surface area contributed by atoms with Gasteiger partial charge in [-0.2, -0.15) is 4.98 Å². The number of allylic oxidation sites excluding steroid dienone is 1. The molecule has 2 heterocycles. The molecule has 2 N–H and O–H groups in total. The lowest BCUT2D eigenvalue weighted by atomic mass is 9.95. The van der Waals surface area contributed by atoms with E-state index in [0.29, 0.717) is 43.9 Å². The van der Waals surface area contributed by atoms with Crippen LogP contribution >= 0.6 is 50.9 Å². The fraction of sp³-hybridized carbons (Fsp3) is 0.115. The number of aromatic nitrogens is 3. The third-order valence-corrected chi connectivity index (χ3v) is 7.53. The van der Waals surface area contributed by atoms with Gasteiger partial charge in [0.05, 0.1) is 5.57 Å². The molecule has 10 heteroatoms. The SMILES string of the molecule is CC1=C(C(=O)Nc2ccc(Cl)cc2)[C@H](c2cccc(Br)c2)n2nc(SCc3ccc(Cl)cc3)nc2N1. The van der Waals surface area contributed by atoms with Crippen LogP contribution in [0.25, 0.3) is 0 Å². The highest BCUT2D eigenvalue weighted by atomic mass is 79.9. The number of benzene rings is 3. The topological polar surface area (TPSA) is 71.8 Å². The van der Waals surface area contributed by atoms with Crippen LogP contribution in [0.1, 0.15) is 24.1 Å². The zero-order valence-corrected chi connectivity index (χ0v) is 22.9. The molecule has 5 rings (SSSR count). The largest absolute Gasteiger partial charge is 0.328 e. The number of halogens is 3. The monoisotopic (exact) mass is 599 g/mol. The Morgan fingerprint density at radius 1 is 1.08 bits per heavy atom. The maximum Gasteiger partial charge on any atom is 0.255 e. The molecule has 1 amide bonds. The Kier molecular flexibility index (Phi) is 7.39. The number of anilines is 2. The van der Waals surface area contributed by atoms with E-state index in [0.717, 1.165) is 15.6 Å². The molecule has 3 aromatic carbocycles. The van der Waals surface area contributed by atoms with Crippen molar-refractivity contribution < 1.29 is 4.79 Å². The summed E-state index contributed by atoms with van der Waals surface area (Å²) in [5.41, 5.74) is 3.94. The maximum absolute atomic E-state index is 13.6. The lowest BCUT2D eigenvalue weighted by Crippen LogP contribution is -2.31. The molecule has 6 nitrogen and oxygen atoms in total. The predicted molar refractivity (Wildman–Crippen MR) is 150 cm³/mol. The van der Waals surface area contributed by atoms with Gasteiger partial charge < -0.3 is 10.6 Å². The van der Waals surface area contributed by atoms with Crippen molar-refractivity contribution in [3.8, 4) is 0 Å². The third-order valence-electron chi connectivity index (χ3n) is 5.63. The molecular weight excluding hydrogens is 581 g/mol. The van der Waals surface area contributed by atoms with Crippen LogP contribution in [0.15, 0.2) is 93.7 Å². The molecule has 182 valence electrons. The number of nitrogens with zero attached hydrogens (tertiary/aromatic N) is 3. The van der Waals surface area contributed by atoms with Gasteiger partial charge in [0.15, 0.2) is 0 Å². The highest BCUT2D eigenvalue weighted by Crippen LogP contribution is 2.37. The number of carbonyl (C=O) groups excluding carboxylic acids is 1. The minimum Gasteiger partial charge on any atom is -0.328 e. The Morgan fingerprint density at radius 3 is 2.47 bits per heavy atom. The quantitative estimate of drug-likeness (QED) is 0.223. The number of amides is 1. The summed E-state index contributed by atoms with van der Waals surface area (Å²) < 4.78 is 2.68. The molecule has 0 fully saturated rings. The van der Waals surface area contributed by atoms with E-state index < -0.39 is 6.04 Å². The van der Waals surface area contributed by atoms with Crippen molar-refractivity contribution >= 4 is 68.4 Å². The molecule has 36 heavy (non-hydrogen) atoms. The van der Waals surface area contributed by atoms with E-state index in [-0.39, 0.29) is 5.91 Å². The molecule has 0 aliphatic carbocycles. The summed E-state index contributed by atoms with van der Waals surface area (Å²) in [6.45, 7) is 1.88. The molecule has 0 spiro atoms. The maximum atomic E-state index is 13.6. The number of carbonyl (C=O) groups is 1. The Hall–Kier alpha value is -2.78. The van der Waals surface area contributed by atoms with Gasteiger partial charge in [-0.1, -0.05) is 75.2 Å². The van der Waals surface area contributed by atoms with Gasteiger partial charge >= 0.3 is 0 Å². The third kappa shape index (κ3) is 5.47. The molecular formula is C26H20BrCl2N5OS. The smallest absolute Gasteiger partial charge is 0.255 e. The molecule has 0 saturated carbocycles. The first kappa shape index (κ1) is 24.9. The Labute approximate surface area is 231 Å². The Bertz CT molecular complexity index is 1450. The Morgan fingerprint density at radius 2 is 1.78 bits per heavy atom. The lowest BCUT2D eigenvalue weighted by molar-refractivity contribution is -0.113. The van der Waals surface area contributed by atoms with Crippen molar-refractivity contribution in [3.05, 3.63) is 110 Å². The number of hydrogen-bond acceptors (Lipinski definition) is 5. The van der Waals surface area contributed by atoms with Crippen LogP contribution in [0.2, 0.25) is 10.0 Å². The fourth-order valence-electron chi connectivity index (χ4n) is 3.93. The van der Waals surface area contributed by atoms with Crippen molar-refractivity contribution in [1.29, 1.82) is 0 Å². The summed E-state index contributed by atoms with van der Waals surface area (Å²) in [5, 5.41) is 13.0. The van der Waals surface area contributed by atoms with E-state index in [4.69, 9.17) is 33.3 Å². The first-order valence-corrected chi connectivity index (χ1v) is 13.5. The molecule has 0 saturated heterocycles. The molecule has 1 aromatic heterocycles. The molecule has 1 aliphatic rings. The van der Waals surface area contributed by atoms with Crippen molar-refractivity contribution in [3.63, 3.8) is 0 Å². The minimum atomic E-state index is -0.469. The van der Waals surface area contributed by atoms with Crippen molar-refractivity contribution in [1.82, 2.24) is 14.8 Å². The first-order valence-electron chi connectivity index (χ1n) is 11.0. The van der Waals surface area contributed by atoms with Crippen LogP contribution in [0.5, 0.6) is 0 Å². The van der Waals surface area contributed by atoms with E-state index in [2.05, 4.69) is 26.6 Å². The highest BCUT2D eigenvalue weighted by Gasteiger charge is 2.34. The van der Waals surface area contributed by atoms with Gasteiger partial charge in [-0.05, 0) is 66.6 Å². The van der Waals surface area contributed by atoms with Crippen LogP contribution in [0.3, 0.4) is 0 Å². The highest BCUT2D eigenvalue weighted by molar-refractivity contribution is 9.10. The molecule has 1 atom stereocenters. The van der Waals surface area contributed by atoms with E-state index in [9.17, 15) is 4.79 Å². The first-order chi connectivity index (χ1) is 17.4. The summed E-state index contributed by atoms with van der Waals surface area (Å²) in [6, 6.07) is 22.1. The number of fused-ring (bicyclic) bond motifs is 1. The number of hydrogen-bond donors (Lipinski definition) is 2. The van der Waals surface area contributed by atoms with E-state index >= 15 is 0 Å². The van der Waals surface area contributed by atoms with Gasteiger partial charge in [-0.15, -0.1) is 5.10 Å². The van der Waals surface area contributed by atoms with Crippen molar-refractivity contribution in [2.45, 2.75) is 23.9 Å². The number of nitrogens with one attached hydrogen (secondary N) is 2. The molecule has 0 bridgehead atoms. The van der Waals surface area contributed by atoms with Crippen LogP contribution in [-0.2, 0) is 10.5 Å². The van der Waals surface area contributed by atoms with Crippen LogP contribution in [-0.4, -0.2) is 20.7 Å². The van der Waals surface area contributed by atoms with Gasteiger partial charge in [-0.3, -0.25) is 4.79 Å². The summed E-state index contributed by atoms with van der Waals surface area (Å²) in [7, 11) is 0. The summed E-state index contributed by atoms with van der Waals surface area (Å²) in [6.07, 6.45) is 0. The van der Waals surface area contributed by atoms with Crippen LogP contribution in [0.4, 0.5) is 11.6 Å². The van der Waals surface area contributed by atoms with Gasteiger partial charge in [0, 0.05) is 31.7 Å². The second kappa shape index (κ2) is 10.7. The minimum absolute atomic E-state index is 0.233. The van der Waals surface area contributed by atoms with Crippen molar-refractivity contribution in [2.75, 3.05) is 10.6 Å². The molecule has 0 unspecified atom stereocenters. The summed E-state index contributed by atoms with van der Waals surface area (Å²) in [4.78, 5) is 18.3. The lowest BCUT2D eigenvalue weighted by Gasteiger charge is -2.28. The van der Waals surface area contributed by atoms with Crippen LogP contribution in [0, 0.1) is 0 Å². The zero-order valence-electron chi connectivity index (χ0n) is 19.0. The van der Waals surface area contributed by atoms with Crippen LogP contribution < -0.4 is 10.6 Å². The van der Waals surface area contributed by atoms with Gasteiger partial charge in [0.2, 0.25) is 11.1 Å². The zero-order chi connectivity index (χ0) is 25.2. The van der Waals surface area contributed by atoms with Gasteiger partial charge in [-0.25, -0.2) is 4.68 Å². The average Bonchev–Trinajstić information content (AvgIpc) is 3.26. The molecule has 4 aromatic rings. The average molecular weight is 601 g/mol. The standard InChI is InChI=1S/C26H20BrCl2N5OS/c1-15-22(24(35)31-21-11-9-20(29)10-12-21)23(17-3-2-4-18(27)13-17)34-25(30-15)32-26(33-34)36-14-16-5-7-19(28)8-6-16/h2-13,23H,14H2,1H3,(H,31,35)(H,30,32,33)/t23-/m0/s1. The second-order valence-corrected chi connectivity index (χ2v) is 10.9. The normalized spacial score (nSPS) is 14.8. The van der Waals surface area contributed by atoms with Crippen molar-refractivity contribution in [2.24, 2.45) is 0 Å². The van der Waals surface area contributed by atoms with Gasteiger partial charge in [0.1, 0.15) is 6.04 Å². The number of rotatable bonds is 6. The predicted octanol–water partition coefficient (Wildman–Crippen LogP) is 7.57. The summed E-state index contributed by atoms with van der Waals surface area (Å²) >= 11 is 17.1. The molecule has 1 aliphatic heterocycles. The van der Waals surface area contributed by atoms with E-state index in [1.165, 1.54) is 11.8 Å². The Balaban J connectivity index is 1.48.